The van der Waals surface area contributed by atoms with Crippen LogP contribution in [0.3, 0.4) is 0 Å². The van der Waals surface area contributed by atoms with Crippen molar-refractivity contribution in [1.82, 2.24) is 10.2 Å². The Morgan fingerprint density at radius 3 is 2.57 bits per heavy atom. The summed E-state index contributed by atoms with van der Waals surface area (Å²) in [5.41, 5.74) is 1.39. The molecule has 2 N–H and O–H groups in total. The van der Waals surface area contributed by atoms with E-state index in [0.717, 1.165) is 51.7 Å². The third-order valence-corrected chi connectivity index (χ3v) is 4.77. The number of aliphatic hydroxyl groups excluding tert-OH is 1. The Hall–Kier alpha value is -1.55. The number of aryl methyl sites for hydroxylation is 1. The molecule has 1 unspecified atom stereocenters. The van der Waals surface area contributed by atoms with Crippen LogP contribution in [0.2, 0.25) is 0 Å². The van der Waals surface area contributed by atoms with Crippen LogP contribution < -0.4 is 5.32 Å². The fourth-order valence-corrected chi connectivity index (χ4v) is 3.17. The molecule has 0 spiro atoms. The fourth-order valence-electron chi connectivity index (χ4n) is 3.17. The maximum absolute atomic E-state index is 12.1. The lowest BCUT2D eigenvalue weighted by Gasteiger charge is -2.33. The quantitative estimate of drug-likeness (QED) is 0.759. The highest BCUT2D eigenvalue weighted by Gasteiger charge is 2.24. The Morgan fingerprint density at radius 1 is 1.22 bits per heavy atom. The SMILES string of the molecule is CC(O)C1CCN(C(=O)NCCCCCc2ccccc2)CC1. The van der Waals surface area contributed by atoms with Gasteiger partial charge in [-0.15, -0.1) is 0 Å². The Balaban J connectivity index is 1.52. The van der Waals surface area contributed by atoms with E-state index < -0.39 is 0 Å². The monoisotopic (exact) mass is 318 g/mol. The van der Waals surface area contributed by atoms with Crippen LogP contribution in [0, 0.1) is 5.92 Å². The van der Waals surface area contributed by atoms with Gasteiger partial charge in [0.25, 0.3) is 0 Å². The van der Waals surface area contributed by atoms with Crippen molar-refractivity contribution < 1.29 is 9.90 Å². The minimum absolute atomic E-state index is 0.0529. The lowest BCUT2D eigenvalue weighted by atomic mass is 9.92. The molecule has 1 heterocycles. The zero-order valence-electron chi connectivity index (χ0n) is 14.2. The van der Waals surface area contributed by atoms with Crippen LogP contribution in [0.4, 0.5) is 4.79 Å². The zero-order valence-corrected chi connectivity index (χ0v) is 14.2. The van der Waals surface area contributed by atoms with Crippen molar-refractivity contribution in [3.8, 4) is 0 Å². The maximum atomic E-state index is 12.1. The molecule has 1 aromatic rings. The number of aliphatic hydroxyl groups is 1. The molecule has 0 radical (unpaired) electrons. The van der Waals surface area contributed by atoms with Gasteiger partial charge in [0.1, 0.15) is 0 Å². The summed E-state index contributed by atoms with van der Waals surface area (Å²) < 4.78 is 0. The van der Waals surface area contributed by atoms with Gasteiger partial charge in [-0.2, -0.15) is 0 Å². The molecule has 0 bridgehead atoms. The van der Waals surface area contributed by atoms with Crippen molar-refractivity contribution >= 4 is 6.03 Å². The highest BCUT2D eigenvalue weighted by molar-refractivity contribution is 5.74. The second kappa shape index (κ2) is 9.56. The van der Waals surface area contributed by atoms with E-state index in [0.29, 0.717) is 5.92 Å². The largest absolute Gasteiger partial charge is 0.393 e. The molecule has 0 aliphatic carbocycles. The first kappa shape index (κ1) is 17.8. The van der Waals surface area contributed by atoms with Gasteiger partial charge in [-0.25, -0.2) is 4.79 Å². The van der Waals surface area contributed by atoms with Crippen LogP contribution in [0.5, 0.6) is 0 Å². The molecule has 1 fully saturated rings. The maximum Gasteiger partial charge on any atom is 0.317 e. The molecule has 1 aromatic carbocycles. The summed E-state index contributed by atoms with van der Waals surface area (Å²) in [6.07, 6.45) is 6.00. The summed E-state index contributed by atoms with van der Waals surface area (Å²) in [5, 5.41) is 12.6. The summed E-state index contributed by atoms with van der Waals surface area (Å²) in [6, 6.07) is 10.6. The van der Waals surface area contributed by atoms with E-state index >= 15 is 0 Å². The molecule has 23 heavy (non-hydrogen) atoms. The van der Waals surface area contributed by atoms with Gasteiger partial charge in [0.05, 0.1) is 6.10 Å². The van der Waals surface area contributed by atoms with Crippen molar-refractivity contribution in [2.45, 2.75) is 51.6 Å². The van der Waals surface area contributed by atoms with Crippen molar-refractivity contribution in [2.24, 2.45) is 5.92 Å². The Bertz CT molecular complexity index is 454. The molecule has 128 valence electrons. The van der Waals surface area contributed by atoms with E-state index in [1.807, 2.05) is 17.9 Å². The molecule has 2 amide bonds. The lowest BCUT2D eigenvalue weighted by molar-refractivity contribution is 0.0798. The third kappa shape index (κ3) is 6.22. The van der Waals surface area contributed by atoms with Crippen molar-refractivity contribution in [1.29, 1.82) is 0 Å². The number of nitrogens with zero attached hydrogens (tertiary/aromatic N) is 1. The summed E-state index contributed by atoms with van der Waals surface area (Å²) >= 11 is 0. The molecule has 1 atom stereocenters. The number of carbonyl (C=O) groups is 1. The van der Waals surface area contributed by atoms with Crippen LogP contribution in [0.1, 0.15) is 44.6 Å². The first-order valence-corrected chi connectivity index (χ1v) is 8.91. The van der Waals surface area contributed by atoms with Crippen LogP contribution >= 0.6 is 0 Å². The molecule has 1 saturated heterocycles. The van der Waals surface area contributed by atoms with Gasteiger partial charge < -0.3 is 15.3 Å². The third-order valence-electron chi connectivity index (χ3n) is 4.77. The van der Waals surface area contributed by atoms with Crippen molar-refractivity contribution in [2.75, 3.05) is 19.6 Å². The molecule has 1 aliphatic rings. The number of hydrogen-bond acceptors (Lipinski definition) is 2. The number of piperidine rings is 1. The van der Waals surface area contributed by atoms with E-state index in [-0.39, 0.29) is 12.1 Å². The molecule has 2 rings (SSSR count). The highest BCUT2D eigenvalue weighted by Crippen LogP contribution is 2.20. The summed E-state index contributed by atoms with van der Waals surface area (Å²) in [6.45, 7) is 4.12. The van der Waals surface area contributed by atoms with Gasteiger partial charge in [0.15, 0.2) is 0 Å². The number of benzene rings is 1. The number of rotatable bonds is 7. The predicted octanol–water partition coefficient (Wildman–Crippen LogP) is 3.20. The first-order valence-electron chi connectivity index (χ1n) is 8.91. The molecular formula is C19H30N2O2. The van der Waals surface area contributed by atoms with Gasteiger partial charge in [0, 0.05) is 19.6 Å². The summed E-state index contributed by atoms with van der Waals surface area (Å²) in [7, 11) is 0. The Labute approximate surface area is 139 Å². The van der Waals surface area contributed by atoms with E-state index in [1.54, 1.807) is 0 Å². The Morgan fingerprint density at radius 2 is 1.91 bits per heavy atom. The summed E-state index contributed by atoms with van der Waals surface area (Å²) in [4.78, 5) is 14.0. The van der Waals surface area contributed by atoms with Crippen LogP contribution in [-0.2, 0) is 6.42 Å². The standard InChI is InChI=1S/C19H30N2O2/c1-16(22)18-11-14-21(15-12-18)19(23)20-13-7-3-6-10-17-8-4-2-5-9-17/h2,4-5,8-9,16,18,22H,3,6-7,10-15H2,1H3,(H,20,23). The van der Waals surface area contributed by atoms with Gasteiger partial charge in [-0.3, -0.25) is 0 Å². The first-order chi connectivity index (χ1) is 11.2. The molecule has 4 heteroatoms. The number of hydrogen-bond donors (Lipinski definition) is 2. The van der Waals surface area contributed by atoms with Gasteiger partial charge >= 0.3 is 6.03 Å². The highest BCUT2D eigenvalue weighted by atomic mass is 16.3. The molecule has 0 saturated carbocycles. The Kier molecular flexibility index (Phi) is 7.40. The smallest absolute Gasteiger partial charge is 0.317 e. The molecule has 1 aliphatic heterocycles. The number of nitrogens with one attached hydrogen (secondary N) is 1. The zero-order chi connectivity index (χ0) is 16.5. The molecule has 0 aromatic heterocycles. The number of urea groups is 1. The van der Waals surface area contributed by atoms with E-state index in [4.69, 9.17) is 0 Å². The van der Waals surface area contributed by atoms with Crippen molar-refractivity contribution in [3.63, 3.8) is 0 Å². The number of unbranched alkanes of at least 4 members (excludes halogenated alkanes) is 2. The van der Waals surface area contributed by atoms with E-state index in [1.165, 1.54) is 12.0 Å². The molecular weight excluding hydrogens is 288 g/mol. The number of likely N-dealkylation sites (tertiary alicyclic amines) is 1. The van der Waals surface area contributed by atoms with E-state index in [9.17, 15) is 9.90 Å². The van der Waals surface area contributed by atoms with Crippen LogP contribution in [0.15, 0.2) is 30.3 Å². The van der Waals surface area contributed by atoms with Gasteiger partial charge in [0.2, 0.25) is 0 Å². The minimum Gasteiger partial charge on any atom is -0.393 e. The van der Waals surface area contributed by atoms with Crippen molar-refractivity contribution in [3.05, 3.63) is 35.9 Å². The topological polar surface area (TPSA) is 52.6 Å². The fraction of sp³-hybridized carbons (Fsp3) is 0.632. The molecule has 4 nitrogen and oxygen atoms in total. The van der Waals surface area contributed by atoms with Gasteiger partial charge in [-0.1, -0.05) is 36.8 Å². The number of carbonyl (C=O) groups excluding carboxylic acids is 1. The second-order valence-corrected chi connectivity index (χ2v) is 6.59. The second-order valence-electron chi connectivity index (χ2n) is 6.59. The predicted molar refractivity (Wildman–Crippen MR) is 93.4 cm³/mol. The van der Waals surface area contributed by atoms with Crippen LogP contribution in [0.25, 0.3) is 0 Å². The van der Waals surface area contributed by atoms with Gasteiger partial charge in [-0.05, 0) is 50.5 Å². The average molecular weight is 318 g/mol. The van der Waals surface area contributed by atoms with E-state index in [2.05, 4.69) is 29.6 Å². The minimum atomic E-state index is -0.259. The van der Waals surface area contributed by atoms with Crippen LogP contribution in [-0.4, -0.2) is 41.8 Å². The number of amides is 2. The normalized spacial score (nSPS) is 17.0. The summed E-state index contributed by atoms with van der Waals surface area (Å²) in [5.74, 6) is 0.344. The average Bonchev–Trinajstić information content (AvgIpc) is 2.58. The lowest BCUT2D eigenvalue weighted by Crippen LogP contribution is -2.45.